The van der Waals surface area contributed by atoms with Crippen LogP contribution < -0.4 is 5.73 Å². The molecule has 0 saturated carbocycles. The van der Waals surface area contributed by atoms with Crippen molar-refractivity contribution in [3.8, 4) is 5.69 Å². The van der Waals surface area contributed by atoms with Gasteiger partial charge in [0, 0.05) is 5.56 Å². The van der Waals surface area contributed by atoms with Gasteiger partial charge in [-0.05, 0) is 25.0 Å². The minimum Gasteiger partial charge on any atom is -0.464 e. The topological polar surface area (TPSA) is 70.1 Å². The van der Waals surface area contributed by atoms with E-state index in [1.165, 1.54) is 7.11 Å². The van der Waals surface area contributed by atoms with Crippen molar-refractivity contribution in [1.82, 2.24) is 9.78 Å². The summed E-state index contributed by atoms with van der Waals surface area (Å²) in [5, 5.41) is 4.32. The van der Waals surface area contributed by atoms with Crippen LogP contribution in [0.5, 0.6) is 0 Å². The lowest BCUT2D eigenvalue weighted by Gasteiger charge is -2.07. The number of ether oxygens (including phenoxy) is 1. The monoisotopic (exact) mass is 273 g/mol. The lowest BCUT2D eigenvalue weighted by Crippen LogP contribution is -2.07. The van der Waals surface area contributed by atoms with Crippen LogP contribution in [-0.4, -0.2) is 22.9 Å². The van der Waals surface area contributed by atoms with Gasteiger partial charge >= 0.3 is 5.97 Å². The Morgan fingerprint density at radius 1 is 1.30 bits per heavy atom. The number of esters is 1. The van der Waals surface area contributed by atoms with E-state index in [2.05, 4.69) is 5.10 Å². The maximum Gasteiger partial charge on any atom is 0.358 e. The number of hydrogen-bond acceptors (Lipinski definition) is 4. The second kappa shape index (κ2) is 5.36. The van der Waals surface area contributed by atoms with Crippen LogP contribution in [0.4, 0.5) is 5.82 Å². The number of carbonyl (C=O) groups is 1. The summed E-state index contributed by atoms with van der Waals surface area (Å²) in [4.78, 5) is 11.8. The SMILES string of the molecule is COC(=O)c1nn(-c2ccc(C)cc2)c(N)c1C(C)C. The molecule has 0 aliphatic heterocycles. The Bertz CT molecular complexity index is 627. The van der Waals surface area contributed by atoms with Crippen molar-refractivity contribution in [3.05, 3.63) is 41.1 Å². The van der Waals surface area contributed by atoms with E-state index in [1.807, 2.05) is 45.0 Å². The molecule has 0 amide bonds. The molecule has 2 rings (SSSR count). The number of aryl methyl sites for hydroxylation is 1. The van der Waals surface area contributed by atoms with Crippen LogP contribution in [-0.2, 0) is 4.74 Å². The van der Waals surface area contributed by atoms with E-state index in [1.54, 1.807) is 4.68 Å². The van der Waals surface area contributed by atoms with Crippen molar-refractivity contribution in [2.24, 2.45) is 0 Å². The molecule has 5 nitrogen and oxygen atoms in total. The van der Waals surface area contributed by atoms with Crippen LogP contribution >= 0.6 is 0 Å². The van der Waals surface area contributed by atoms with Crippen LogP contribution in [0, 0.1) is 6.92 Å². The Morgan fingerprint density at radius 2 is 1.90 bits per heavy atom. The van der Waals surface area contributed by atoms with Crippen molar-refractivity contribution >= 4 is 11.8 Å². The lowest BCUT2D eigenvalue weighted by molar-refractivity contribution is 0.0592. The number of nitrogen functional groups attached to an aromatic ring is 1. The molecule has 5 heteroatoms. The standard InChI is InChI=1S/C15H19N3O2/c1-9(2)12-13(15(19)20-4)17-18(14(12)16)11-7-5-10(3)6-8-11/h5-9H,16H2,1-4H3. The smallest absolute Gasteiger partial charge is 0.358 e. The molecule has 2 aromatic rings. The third-order valence-electron chi connectivity index (χ3n) is 3.19. The van der Waals surface area contributed by atoms with Crippen molar-refractivity contribution < 1.29 is 9.53 Å². The van der Waals surface area contributed by atoms with E-state index < -0.39 is 5.97 Å². The van der Waals surface area contributed by atoms with E-state index >= 15 is 0 Å². The molecule has 0 saturated heterocycles. The molecule has 106 valence electrons. The van der Waals surface area contributed by atoms with E-state index in [-0.39, 0.29) is 11.6 Å². The fourth-order valence-corrected chi connectivity index (χ4v) is 2.14. The van der Waals surface area contributed by atoms with Crippen molar-refractivity contribution in [1.29, 1.82) is 0 Å². The molecule has 1 heterocycles. The first kappa shape index (κ1) is 14.1. The molecule has 0 bridgehead atoms. The number of benzene rings is 1. The average Bonchev–Trinajstić information content (AvgIpc) is 2.76. The Hall–Kier alpha value is -2.30. The molecule has 0 spiro atoms. The molecule has 0 aliphatic rings. The summed E-state index contributed by atoms with van der Waals surface area (Å²) in [6, 6.07) is 7.79. The summed E-state index contributed by atoms with van der Waals surface area (Å²) in [5.41, 5.74) is 9.13. The Kier molecular flexibility index (Phi) is 3.79. The Labute approximate surface area is 118 Å². The average molecular weight is 273 g/mol. The maximum absolute atomic E-state index is 11.8. The Morgan fingerprint density at radius 3 is 2.40 bits per heavy atom. The predicted molar refractivity (Wildman–Crippen MR) is 78.1 cm³/mol. The van der Waals surface area contributed by atoms with Gasteiger partial charge in [-0.3, -0.25) is 0 Å². The van der Waals surface area contributed by atoms with Crippen LogP contribution in [0.2, 0.25) is 0 Å². The number of aromatic nitrogens is 2. The summed E-state index contributed by atoms with van der Waals surface area (Å²) in [7, 11) is 1.34. The van der Waals surface area contributed by atoms with E-state index in [0.29, 0.717) is 5.82 Å². The first-order chi connectivity index (χ1) is 9.45. The summed E-state index contributed by atoms with van der Waals surface area (Å²) >= 11 is 0. The number of nitrogens with two attached hydrogens (primary N) is 1. The van der Waals surface area contributed by atoms with Gasteiger partial charge in [-0.25, -0.2) is 9.48 Å². The van der Waals surface area contributed by atoms with Gasteiger partial charge in [-0.15, -0.1) is 0 Å². The molecular formula is C15H19N3O2. The zero-order valence-electron chi connectivity index (χ0n) is 12.2. The molecular weight excluding hydrogens is 254 g/mol. The summed E-state index contributed by atoms with van der Waals surface area (Å²) in [5.74, 6) is 0.0961. The van der Waals surface area contributed by atoms with Gasteiger partial charge in [0.25, 0.3) is 0 Å². The number of nitrogens with zero attached hydrogens (tertiary/aromatic N) is 2. The molecule has 0 radical (unpaired) electrons. The van der Waals surface area contributed by atoms with Crippen LogP contribution in [0.3, 0.4) is 0 Å². The zero-order valence-corrected chi connectivity index (χ0v) is 12.2. The lowest BCUT2D eigenvalue weighted by atomic mass is 10.0. The van der Waals surface area contributed by atoms with Crippen molar-refractivity contribution in [2.75, 3.05) is 12.8 Å². The second-order valence-electron chi connectivity index (χ2n) is 5.04. The highest BCUT2D eigenvalue weighted by Gasteiger charge is 2.24. The van der Waals surface area contributed by atoms with Crippen molar-refractivity contribution in [2.45, 2.75) is 26.7 Å². The van der Waals surface area contributed by atoms with Crippen LogP contribution in [0.1, 0.15) is 41.4 Å². The van der Waals surface area contributed by atoms with Crippen LogP contribution in [0.25, 0.3) is 5.69 Å². The number of hydrogen-bond donors (Lipinski definition) is 1. The van der Waals surface area contributed by atoms with Gasteiger partial charge in [-0.1, -0.05) is 31.5 Å². The summed E-state index contributed by atoms with van der Waals surface area (Å²) in [6.07, 6.45) is 0. The number of methoxy groups -OCH3 is 1. The fourth-order valence-electron chi connectivity index (χ4n) is 2.14. The molecule has 0 unspecified atom stereocenters. The van der Waals surface area contributed by atoms with Gasteiger partial charge in [-0.2, -0.15) is 5.10 Å². The van der Waals surface area contributed by atoms with Gasteiger partial charge in [0.2, 0.25) is 0 Å². The van der Waals surface area contributed by atoms with Gasteiger partial charge in [0.05, 0.1) is 12.8 Å². The van der Waals surface area contributed by atoms with E-state index in [0.717, 1.165) is 16.8 Å². The molecule has 0 fully saturated rings. The van der Waals surface area contributed by atoms with Gasteiger partial charge < -0.3 is 10.5 Å². The normalized spacial score (nSPS) is 10.8. The molecule has 1 aromatic carbocycles. The molecule has 1 aromatic heterocycles. The second-order valence-corrected chi connectivity index (χ2v) is 5.04. The van der Waals surface area contributed by atoms with Crippen LogP contribution in [0.15, 0.2) is 24.3 Å². The Balaban J connectivity index is 2.60. The number of rotatable bonds is 3. The van der Waals surface area contributed by atoms with E-state index in [4.69, 9.17) is 10.5 Å². The minimum absolute atomic E-state index is 0.0864. The highest BCUT2D eigenvalue weighted by atomic mass is 16.5. The fraction of sp³-hybridized carbons (Fsp3) is 0.333. The van der Waals surface area contributed by atoms with Gasteiger partial charge in [0.1, 0.15) is 5.82 Å². The third-order valence-corrected chi connectivity index (χ3v) is 3.19. The van der Waals surface area contributed by atoms with Crippen molar-refractivity contribution in [3.63, 3.8) is 0 Å². The van der Waals surface area contributed by atoms with Gasteiger partial charge in [0.15, 0.2) is 5.69 Å². The first-order valence-corrected chi connectivity index (χ1v) is 6.49. The highest BCUT2D eigenvalue weighted by molar-refractivity contribution is 5.90. The maximum atomic E-state index is 11.8. The number of anilines is 1. The molecule has 0 atom stereocenters. The first-order valence-electron chi connectivity index (χ1n) is 6.49. The zero-order chi connectivity index (χ0) is 14.9. The predicted octanol–water partition coefficient (Wildman–Crippen LogP) is 2.67. The highest BCUT2D eigenvalue weighted by Crippen LogP contribution is 2.28. The summed E-state index contributed by atoms with van der Waals surface area (Å²) in [6.45, 7) is 5.95. The quantitative estimate of drug-likeness (QED) is 0.873. The largest absolute Gasteiger partial charge is 0.464 e. The molecule has 2 N–H and O–H groups in total. The summed E-state index contributed by atoms with van der Waals surface area (Å²) < 4.78 is 6.36. The third kappa shape index (κ3) is 2.39. The molecule has 0 aliphatic carbocycles. The minimum atomic E-state index is -0.466. The molecule has 20 heavy (non-hydrogen) atoms. The van der Waals surface area contributed by atoms with E-state index in [9.17, 15) is 4.79 Å². The number of carbonyl (C=O) groups excluding carboxylic acids is 1.